The minimum atomic E-state index is -0.429. The van der Waals surface area contributed by atoms with Gasteiger partial charge in [0.2, 0.25) is 5.78 Å². The van der Waals surface area contributed by atoms with E-state index in [1.165, 1.54) is 6.92 Å². The summed E-state index contributed by atoms with van der Waals surface area (Å²) in [6.07, 6.45) is 3.49. The van der Waals surface area contributed by atoms with Gasteiger partial charge in [0.1, 0.15) is 23.4 Å². The number of carbonyl (C=O) groups excluding carboxylic acids is 2. The topological polar surface area (TPSA) is 61.8 Å². The fourth-order valence-corrected chi connectivity index (χ4v) is 2.97. The van der Waals surface area contributed by atoms with E-state index in [2.05, 4.69) is 0 Å². The van der Waals surface area contributed by atoms with Crippen LogP contribution in [0.3, 0.4) is 0 Å². The highest BCUT2D eigenvalue weighted by Crippen LogP contribution is 2.36. The maximum Gasteiger partial charge on any atom is 0.308 e. The molecule has 2 aliphatic rings. The molecule has 0 amide bonds. The van der Waals surface area contributed by atoms with Crippen molar-refractivity contribution in [3.63, 3.8) is 0 Å². The fraction of sp³-hybridized carbons (Fsp3) is 0.143. The Balaban J connectivity index is 1.66. The lowest BCUT2D eigenvalue weighted by Gasteiger charge is -2.22. The molecule has 2 aromatic rings. The molecule has 0 N–H and O–H groups in total. The smallest absolute Gasteiger partial charge is 0.308 e. The number of ether oxygens (including phenoxy) is 3. The van der Waals surface area contributed by atoms with Gasteiger partial charge in [0.25, 0.3) is 0 Å². The lowest BCUT2D eigenvalue weighted by Crippen LogP contribution is -2.18. The summed E-state index contributed by atoms with van der Waals surface area (Å²) in [7, 11) is 0. The van der Waals surface area contributed by atoms with Crippen LogP contribution in [0.5, 0.6) is 17.2 Å². The average molecular weight is 348 g/mol. The Bertz CT molecular complexity index is 984. The van der Waals surface area contributed by atoms with Gasteiger partial charge in [-0.1, -0.05) is 18.2 Å². The standard InChI is InChI=1S/C21H16O5/c1-12-15(9-14-5-3-4-6-18(14)24-12)10-20-21(23)17-8-7-16(25-13(2)22)11-19(17)26-20/h3-12H,1-2H3/b20-10-. The summed E-state index contributed by atoms with van der Waals surface area (Å²) >= 11 is 0. The van der Waals surface area contributed by atoms with Crippen LogP contribution in [0.25, 0.3) is 6.08 Å². The third kappa shape index (κ3) is 2.88. The molecule has 4 rings (SSSR count). The highest BCUT2D eigenvalue weighted by molar-refractivity contribution is 6.12. The summed E-state index contributed by atoms with van der Waals surface area (Å²) in [5, 5.41) is 0. The Morgan fingerprint density at radius 2 is 1.96 bits per heavy atom. The van der Waals surface area contributed by atoms with Crippen LogP contribution in [0, 0.1) is 0 Å². The van der Waals surface area contributed by atoms with Gasteiger partial charge in [-0.2, -0.15) is 0 Å². The van der Waals surface area contributed by atoms with Gasteiger partial charge in [-0.25, -0.2) is 0 Å². The zero-order valence-corrected chi connectivity index (χ0v) is 14.3. The molecule has 2 heterocycles. The van der Waals surface area contributed by atoms with E-state index < -0.39 is 5.97 Å². The molecule has 0 aromatic heterocycles. The molecule has 1 unspecified atom stereocenters. The molecule has 130 valence electrons. The van der Waals surface area contributed by atoms with Gasteiger partial charge < -0.3 is 14.2 Å². The van der Waals surface area contributed by atoms with Crippen molar-refractivity contribution in [1.82, 2.24) is 0 Å². The van der Waals surface area contributed by atoms with Crippen molar-refractivity contribution >= 4 is 17.8 Å². The second kappa shape index (κ2) is 6.19. The minimum absolute atomic E-state index is 0.200. The van der Waals surface area contributed by atoms with Crippen LogP contribution >= 0.6 is 0 Å². The second-order valence-corrected chi connectivity index (χ2v) is 6.13. The molecular weight excluding hydrogens is 332 g/mol. The number of rotatable bonds is 2. The van der Waals surface area contributed by atoms with Gasteiger partial charge in [0, 0.05) is 18.6 Å². The zero-order valence-electron chi connectivity index (χ0n) is 14.3. The number of para-hydroxylation sites is 1. The molecule has 0 bridgehead atoms. The lowest BCUT2D eigenvalue weighted by atomic mass is 10.0. The molecule has 5 nitrogen and oxygen atoms in total. The van der Waals surface area contributed by atoms with Gasteiger partial charge in [-0.3, -0.25) is 9.59 Å². The molecule has 2 aliphatic heterocycles. The molecule has 1 atom stereocenters. The summed E-state index contributed by atoms with van der Waals surface area (Å²) < 4.78 is 16.6. The second-order valence-electron chi connectivity index (χ2n) is 6.13. The van der Waals surface area contributed by atoms with Gasteiger partial charge in [-0.15, -0.1) is 0 Å². The normalized spacial score (nSPS) is 19.2. The maximum atomic E-state index is 12.6. The molecular formula is C21H16O5. The Morgan fingerprint density at radius 1 is 1.15 bits per heavy atom. The van der Waals surface area contributed by atoms with E-state index in [0.29, 0.717) is 17.1 Å². The molecule has 0 spiro atoms. The van der Waals surface area contributed by atoms with Gasteiger partial charge in [-0.05, 0) is 42.8 Å². The summed E-state index contributed by atoms with van der Waals surface area (Å²) in [5.74, 6) is 1.12. The quantitative estimate of drug-likeness (QED) is 0.467. The molecule has 0 saturated carbocycles. The Kier molecular flexibility index (Phi) is 3.84. The molecule has 2 aromatic carbocycles. The monoisotopic (exact) mass is 348 g/mol. The number of benzene rings is 2. The van der Waals surface area contributed by atoms with Crippen molar-refractivity contribution in [2.45, 2.75) is 20.0 Å². The summed E-state index contributed by atoms with van der Waals surface area (Å²) in [4.78, 5) is 23.7. The number of esters is 1. The van der Waals surface area contributed by atoms with Crippen LogP contribution in [-0.2, 0) is 4.79 Å². The number of fused-ring (bicyclic) bond motifs is 2. The van der Waals surface area contributed by atoms with E-state index in [1.807, 2.05) is 37.3 Å². The van der Waals surface area contributed by atoms with Crippen LogP contribution in [0.15, 0.2) is 59.9 Å². The van der Waals surface area contributed by atoms with Crippen molar-refractivity contribution in [3.05, 3.63) is 71.0 Å². The Morgan fingerprint density at radius 3 is 2.77 bits per heavy atom. The summed E-state index contributed by atoms with van der Waals surface area (Å²) in [5.41, 5.74) is 2.25. The van der Waals surface area contributed by atoms with Crippen LogP contribution in [-0.4, -0.2) is 17.9 Å². The van der Waals surface area contributed by atoms with Crippen LogP contribution in [0.2, 0.25) is 0 Å². The van der Waals surface area contributed by atoms with Crippen molar-refractivity contribution < 1.29 is 23.8 Å². The predicted octanol–water partition coefficient (Wildman–Crippen LogP) is 3.94. The third-order valence-electron chi connectivity index (χ3n) is 4.22. The van der Waals surface area contributed by atoms with Crippen molar-refractivity contribution in [2.75, 3.05) is 0 Å². The highest BCUT2D eigenvalue weighted by atomic mass is 16.5. The fourth-order valence-electron chi connectivity index (χ4n) is 2.97. The first-order valence-corrected chi connectivity index (χ1v) is 8.25. The molecule has 5 heteroatoms. The number of ketones is 1. The molecule has 0 aliphatic carbocycles. The number of carbonyl (C=O) groups is 2. The van der Waals surface area contributed by atoms with Crippen LogP contribution in [0.1, 0.15) is 29.8 Å². The van der Waals surface area contributed by atoms with E-state index in [9.17, 15) is 9.59 Å². The number of Topliss-reactive ketones (excluding diaryl/α,β-unsaturated/α-hetero) is 1. The minimum Gasteiger partial charge on any atom is -0.485 e. The summed E-state index contributed by atoms with van der Waals surface area (Å²) in [6.45, 7) is 3.24. The number of hydrogen-bond donors (Lipinski definition) is 0. The van der Waals surface area contributed by atoms with E-state index >= 15 is 0 Å². The van der Waals surface area contributed by atoms with Gasteiger partial charge >= 0.3 is 5.97 Å². The number of hydrogen-bond acceptors (Lipinski definition) is 5. The molecule has 0 fully saturated rings. The lowest BCUT2D eigenvalue weighted by molar-refractivity contribution is -0.131. The van der Waals surface area contributed by atoms with Crippen LogP contribution in [0.4, 0.5) is 0 Å². The predicted molar refractivity (Wildman–Crippen MR) is 95.3 cm³/mol. The highest BCUT2D eigenvalue weighted by Gasteiger charge is 2.29. The molecule has 0 saturated heterocycles. The molecule has 26 heavy (non-hydrogen) atoms. The van der Waals surface area contributed by atoms with E-state index in [1.54, 1.807) is 24.3 Å². The van der Waals surface area contributed by atoms with Crippen molar-refractivity contribution in [1.29, 1.82) is 0 Å². The van der Waals surface area contributed by atoms with E-state index in [4.69, 9.17) is 14.2 Å². The number of allylic oxidation sites excluding steroid dienone is 1. The average Bonchev–Trinajstić information content (AvgIpc) is 2.90. The van der Waals surface area contributed by atoms with E-state index in [-0.39, 0.29) is 17.6 Å². The van der Waals surface area contributed by atoms with Gasteiger partial charge in [0.05, 0.1) is 5.56 Å². The SMILES string of the molecule is CC(=O)Oc1ccc2c(c1)O/C(=C\C1=Cc3ccccc3OC1C)C2=O. The Hall–Kier alpha value is -3.34. The van der Waals surface area contributed by atoms with Crippen molar-refractivity contribution in [3.8, 4) is 17.2 Å². The van der Waals surface area contributed by atoms with Crippen molar-refractivity contribution in [2.24, 2.45) is 0 Å². The first-order chi connectivity index (χ1) is 12.5. The van der Waals surface area contributed by atoms with Gasteiger partial charge in [0.15, 0.2) is 5.76 Å². The zero-order chi connectivity index (χ0) is 18.3. The summed E-state index contributed by atoms with van der Waals surface area (Å²) in [6, 6.07) is 12.4. The largest absolute Gasteiger partial charge is 0.485 e. The maximum absolute atomic E-state index is 12.6. The first-order valence-electron chi connectivity index (χ1n) is 8.25. The molecule has 0 radical (unpaired) electrons. The first kappa shape index (κ1) is 16.1. The van der Waals surface area contributed by atoms with E-state index in [0.717, 1.165) is 16.9 Å². The Labute approximate surface area is 150 Å². The third-order valence-corrected chi connectivity index (χ3v) is 4.22. The van der Waals surface area contributed by atoms with Crippen LogP contribution < -0.4 is 14.2 Å².